The van der Waals surface area contributed by atoms with Gasteiger partial charge in [-0.25, -0.2) is 5.01 Å². The van der Waals surface area contributed by atoms with Gasteiger partial charge in [0.2, 0.25) is 0 Å². The van der Waals surface area contributed by atoms with Crippen molar-refractivity contribution in [3.05, 3.63) is 12.3 Å². The molecule has 11 heavy (non-hydrogen) atoms. The van der Waals surface area contributed by atoms with Crippen LogP contribution in [0.2, 0.25) is 0 Å². The highest BCUT2D eigenvalue weighted by molar-refractivity contribution is 4.88. The first kappa shape index (κ1) is 7.17. The lowest BCUT2D eigenvalue weighted by molar-refractivity contribution is 0.106. The molecule has 2 aliphatic heterocycles. The van der Waals surface area contributed by atoms with E-state index in [4.69, 9.17) is 0 Å². The average Bonchev–Trinajstić information content (AvgIpc) is 2.28. The van der Waals surface area contributed by atoms with E-state index in [1.807, 2.05) is 0 Å². The van der Waals surface area contributed by atoms with Gasteiger partial charge in [-0.3, -0.25) is 0 Å². The van der Waals surface area contributed by atoms with Crippen molar-refractivity contribution in [1.82, 2.24) is 10.4 Å². The lowest BCUT2D eigenvalue weighted by Crippen LogP contribution is -2.45. The Kier molecular flexibility index (Phi) is 2.13. The molecule has 1 saturated heterocycles. The Bertz CT molecular complexity index is 154. The lowest BCUT2D eigenvalue weighted by Gasteiger charge is -2.33. The molecule has 0 aromatic carbocycles. The number of hydrogen-bond acceptors (Lipinski definition) is 2. The van der Waals surface area contributed by atoms with Gasteiger partial charge in [0.1, 0.15) is 0 Å². The molecule has 62 valence electrons. The molecule has 0 aromatic heterocycles. The summed E-state index contributed by atoms with van der Waals surface area (Å²) in [4.78, 5) is 0. The number of piperidine rings is 1. The monoisotopic (exact) mass is 152 g/mol. The highest BCUT2D eigenvalue weighted by Gasteiger charge is 2.21. The van der Waals surface area contributed by atoms with Gasteiger partial charge >= 0.3 is 0 Å². The molecule has 0 saturated carbocycles. The molecule has 0 aromatic rings. The van der Waals surface area contributed by atoms with Crippen LogP contribution in [0.15, 0.2) is 12.3 Å². The number of rotatable bonds is 0. The predicted octanol–water partition coefficient (Wildman–Crippen LogP) is 1.65. The first-order valence-corrected chi connectivity index (χ1v) is 4.64. The second kappa shape index (κ2) is 3.26. The number of hydrazine groups is 1. The summed E-state index contributed by atoms with van der Waals surface area (Å²) in [7, 11) is 0. The smallest absolute Gasteiger partial charge is 0.0293 e. The fourth-order valence-corrected chi connectivity index (χ4v) is 1.99. The summed E-state index contributed by atoms with van der Waals surface area (Å²) < 4.78 is 0. The van der Waals surface area contributed by atoms with E-state index < -0.39 is 0 Å². The molecule has 2 aliphatic rings. The molecule has 2 rings (SSSR count). The molecule has 1 N–H and O–H groups in total. The Balaban J connectivity index is 1.98. The number of allylic oxidation sites excluding steroid dienone is 1. The van der Waals surface area contributed by atoms with Gasteiger partial charge in [-0.15, -0.1) is 0 Å². The van der Waals surface area contributed by atoms with Gasteiger partial charge in [0, 0.05) is 18.8 Å². The fraction of sp³-hybridized carbons (Fsp3) is 0.778. The van der Waals surface area contributed by atoms with E-state index in [9.17, 15) is 0 Å². The van der Waals surface area contributed by atoms with Gasteiger partial charge in [0.25, 0.3) is 0 Å². The zero-order valence-electron chi connectivity index (χ0n) is 6.92. The van der Waals surface area contributed by atoms with Crippen molar-refractivity contribution in [2.75, 3.05) is 6.54 Å². The van der Waals surface area contributed by atoms with Gasteiger partial charge in [-0.2, -0.15) is 0 Å². The maximum absolute atomic E-state index is 3.34. The van der Waals surface area contributed by atoms with Crippen molar-refractivity contribution in [2.24, 2.45) is 0 Å². The summed E-state index contributed by atoms with van der Waals surface area (Å²) in [6.07, 6.45) is 11.1. The van der Waals surface area contributed by atoms with Crippen molar-refractivity contribution in [1.29, 1.82) is 0 Å². The van der Waals surface area contributed by atoms with Gasteiger partial charge in [0.15, 0.2) is 0 Å². The third kappa shape index (κ3) is 1.56. The fourth-order valence-electron chi connectivity index (χ4n) is 1.99. The van der Waals surface area contributed by atoms with E-state index in [0.29, 0.717) is 0 Å². The first-order chi connectivity index (χ1) is 5.47. The van der Waals surface area contributed by atoms with E-state index >= 15 is 0 Å². The van der Waals surface area contributed by atoms with E-state index in [0.717, 1.165) is 6.04 Å². The summed E-state index contributed by atoms with van der Waals surface area (Å²) in [6, 6.07) is 0.804. The van der Waals surface area contributed by atoms with E-state index in [1.54, 1.807) is 0 Å². The number of nitrogens with zero attached hydrogens (tertiary/aromatic N) is 1. The Hall–Kier alpha value is -0.500. The van der Waals surface area contributed by atoms with Crippen LogP contribution in [-0.2, 0) is 0 Å². The normalized spacial score (nSPS) is 32.2. The number of hydrogen-bond donors (Lipinski definition) is 1. The Morgan fingerprint density at radius 2 is 2.27 bits per heavy atom. The predicted molar refractivity (Wildman–Crippen MR) is 45.9 cm³/mol. The molecule has 2 nitrogen and oxygen atoms in total. The highest BCUT2D eigenvalue weighted by Crippen LogP contribution is 2.20. The van der Waals surface area contributed by atoms with Crippen molar-refractivity contribution in [3.63, 3.8) is 0 Å². The minimum atomic E-state index is 0.804. The highest BCUT2D eigenvalue weighted by atomic mass is 15.5. The van der Waals surface area contributed by atoms with Crippen LogP contribution in [0.4, 0.5) is 0 Å². The molecule has 1 unspecified atom stereocenters. The molecule has 0 aliphatic carbocycles. The Labute approximate surface area is 68.2 Å². The maximum atomic E-state index is 3.34. The topological polar surface area (TPSA) is 15.3 Å². The summed E-state index contributed by atoms with van der Waals surface area (Å²) in [6.45, 7) is 1.23. The van der Waals surface area contributed by atoms with Crippen LogP contribution in [0.3, 0.4) is 0 Å². The van der Waals surface area contributed by atoms with Crippen LogP contribution in [0.1, 0.15) is 32.1 Å². The minimum Gasteiger partial charge on any atom is -0.326 e. The summed E-state index contributed by atoms with van der Waals surface area (Å²) in [5, 5.41) is 2.40. The van der Waals surface area contributed by atoms with Crippen LogP contribution in [0, 0.1) is 0 Å². The van der Waals surface area contributed by atoms with Gasteiger partial charge in [-0.1, -0.05) is 12.5 Å². The summed E-state index contributed by atoms with van der Waals surface area (Å²) >= 11 is 0. The van der Waals surface area contributed by atoms with Crippen molar-refractivity contribution in [2.45, 2.75) is 38.1 Å². The van der Waals surface area contributed by atoms with Crippen molar-refractivity contribution < 1.29 is 0 Å². The molecule has 0 radical (unpaired) electrons. The quantitative estimate of drug-likeness (QED) is 0.568. The number of nitrogens with one attached hydrogen (secondary N) is 1. The van der Waals surface area contributed by atoms with Crippen LogP contribution in [0.5, 0.6) is 0 Å². The molecule has 0 amide bonds. The second-order valence-corrected chi connectivity index (χ2v) is 3.45. The van der Waals surface area contributed by atoms with E-state index in [2.05, 4.69) is 22.7 Å². The lowest BCUT2D eigenvalue weighted by atomic mass is 10.0. The third-order valence-electron chi connectivity index (χ3n) is 2.65. The summed E-state index contributed by atoms with van der Waals surface area (Å²) in [5.74, 6) is 0. The van der Waals surface area contributed by atoms with Gasteiger partial charge in [-0.05, 0) is 25.7 Å². The average molecular weight is 152 g/mol. The molecule has 2 heteroatoms. The molecule has 0 bridgehead atoms. The second-order valence-electron chi connectivity index (χ2n) is 3.45. The SMILES string of the molecule is C1=CNN2CCCCC2CC1. The van der Waals surface area contributed by atoms with E-state index in [-0.39, 0.29) is 0 Å². The van der Waals surface area contributed by atoms with Gasteiger partial charge in [0.05, 0.1) is 0 Å². The van der Waals surface area contributed by atoms with Crippen LogP contribution >= 0.6 is 0 Å². The molecule has 1 fully saturated rings. The largest absolute Gasteiger partial charge is 0.326 e. The molecule has 0 spiro atoms. The Morgan fingerprint density at radius 3 is 3.27 bits per heavy atom. The number of fused-ring (bicyclic) bond motifs is 1. The molecular weight excluding hydrogens is 136 g/mol. The minimum absolute atomic E-state index is 0.804. The first-order valence-electron chi connectivity index (χ1n) is 4.64. The molecule has 2 heterocycles. The third-order valence-corrected chi connectivity index (χ3v) is 2.65. The van der Waals surface area contributed by atoms with Crippen LogP contribution in [0.25, 0.3) is 0 Å². The van der Waals surface area contributed by atoms with Crippen LogP contribution < -0.4 is 5.43 Å². The maximum Gasteiger partial charge on any atom is 0.0293 e. The Morgan fingerprint density at radius 1 is 1.27 bits per heavy atom. The van der Waals surface area contributed by atoms with Crippen molar-refractivity contribution >= 4 is 0 Å². The standard InChI is InChI=1S/C9H16N2/c1-3-7-10-11-8-4-2-6-9(11)5-1/h3,7,9-10H,1-2,4-6,8H2. The summed E-state index contributed by atoms with van der Waals surface area (Å²) in [5.41, 5.74) is 3.34. The molecule has 1 atom stereocenters. The van der Waals surface area contributed by atoms with Crippen LogP contribution in [-0.4, -0.2) is 17.6 Å². The van der Waals surface area contributed by atoms with E-state index in [1.165, 1.54) is 38.6 Å². The zero-order chi connectivity index (χ0) is 7.52. The molecular formula is C9H16N2. The van der Waals surface area contributed by atoms with Gasteiger partial charge < -0.3 is 5.43 Å². The van der Waals surface area contributed by atoms with Crippen molar-refractivity contribution in [3.8, 4) is 0 Å². The zero-order valence-corrected chi connectivity index (χ0v) is 6.92.